The average molecular weight is 355 g/mol. The Morgan fingerprint density at radius 2 is 1.80 bits per heavy atom. The van der Waals surface area contributed by atoms with Crippen LogP contribution >= 0.6 is 0 Å². The molecule has 0 aliphatic heterocycles. The van der Waals surface area contributed by atoms with Crippen LogP contribution in [0.25, 0.3) is 0 Å². The molecule has 0 atom stereocenters. The fourth-order valence-electron chi connectivity index (χ4n) is 3.22. The Morgan fingerprint density at radius 3 is 2.40 bits per heavy atom. The number of hydrogen-bond acceptors (Lipinski definition) is 3. The molecule has 1 aliphatic carbocycles. The number of carbonyl (C=O) groups excluding carboxylic acids is 1. The summed E-state index contributed by atoms with van der Waals surface area (Å²) in [6, 6.07) is 6.28. The van der Waals surface area contributed by atoms with Crippen LogP contribution in [-0.2, 0) is 9.59 Å². The van der Waals surface area contributed by atoms with Gasteiger partial charge < -0.3 is 15.2 Å². The van der Waals surface area contributed by atoms with E-state index in [2.05, 4.69) is 5.32 Å². The van der Waals surface area contributed by atoms with Gasteiger partial charge in [-0.3, -0.25) is 9.59 Å². The van der Waals surface area contributed by atoms with Gasteiger partial charge in [-0.2, -0.15) is 0 Å². The average Bonchev–Trinajstić information content (AvgIpc) is 2.80. The number of carbonyl (C=O) groups is 2. The Labute approximate surface area is 145 Å². The van der Waals surface area contributed by atoms with Gasteiger partial charge in [0.25, 0.3) is 6.43 Å². The summed E-state index contributed by atoms with van der Waals surface area (Å²) in [5, 5.41) is 12.3. The molecule has 1 saturated carbocycles. The van der Waals surface area contributed by atoms with Crippen molar-refractivity contribution in [1.82, 2.24) is 0 Å². The van der Waals surface area contributed by atoms with Gasteiger partial charge in [0.15, 0.2) is 0 Å². The molecule has 0 saturated heterocycles. The molecule has 0 spiro atoms. The molecule has 1 aromatic carbocycles. The lowest BCUT2D eigenvalue weighted by atomic mass is 9.77. The molecule has 0 unspecified atom stereocenters. The number of nitrogens with one attached hydrogen (secondary N) is 1. The number of alkyl halides is 2. The summed E-state index contributed by atoms with van der Waals surface area (Å²) in [4.78, 5) is 24.2. The van der Waals surface area contributed by atoms with Crippen molar-refractivity contribution in [3.63, 3.8) is 0 Å². The topological polar surface area (TPSA) is 75.6 Å². The first kappa shape index (κ1) is 19.1. The Hall–Kier alpha value is -2.18. The highest BCUT2D eigenvalue weighted by Crippen LogP contribution is 2.39. The number of benzene rings is 1. The summed E-state index contributed by atoms with van der Waals surface area (Å²) in [6.45, 7) is -0.772. The summed E-state index contributed by atoms with van der Waals surface area (Å²) in [5.41, 5.74) is -0.790. The third-order valence-corrected chi connectivity index (χ3v) is 4.54. The SMILES string of the molecule is O=C(CC1(C(=O)O)CCCCCC1)Nc1ccccc1OCC(F)F. The smallest absolute Gasteiger partial charge is 0.310 e. The molecule has 138 valence electrons. The molecule has 5 nitrogen and oxygen atoms in total. The molecule has 25 heavy (non-hydrogen) atoms. The lowest BCUT2D eigenvalue weighted by Crippen LogP contribution is -2.35. The Morgan fingerprint density at radius 1 is 1.16 bits per heavy atom. The van der Waals surface area contributed by atoms with Crippen LogP contribution in [-0.4, -0.2) is 30.0 Å². The van der Waals surface area contributed by atoms with Crippen molar-refractivity contribution in [2.45, 2.75) is 51.4 Å². The maximum atomic E-state index is 12.4. The predicted octanol–water partition coefficient (Wildman–Crippen LogP) is 4.08. The fourth-order valence-corrected chi connectivity index (χ4v) is 3.22. The van der Waals surface area contributed by atoms with Crippen molar-refractivity contribution in [1.29, 1.82) is 0 Å². The van der Waals surface area contributed by atoms with Crippen LogP contribution in [0.5, 0.6) is 5.75 Å². The first-order valence-corrected chi connectivity index (χ1v) is 8.46. The van der Waals surface area contributed by atoms with Crippen LogP contribution in [0.4, 0.5) is 14.5 Å². The number of carboxylic acids is 1. The van der Waals surface area contributed by atoms with Crippen LogP contribution in [0.15, 0.2) is 24.3 Å². The van der Waals surface area contributed by atoms with E-state index in [1.165, 1.54) is 6.07 Å². The molecule has 2 N–H and O–H groups in total. The van der Waals surface area contributed by atoms with E-state index in [-0.39, 0.29) is 17.9 Å². The molecule has 0 aromatic heterocycles. The molecular formula is C18H23F2NO4. The standard InChI is InChI=1S/C18H23F2NO4/c19-15(20)12-25-14-8-4-3-7-13(14)21-16(22)11-18(17(23)24)9-5-1-2-6-10-18/h3-4,7-8,15H,1-2,5-6,9-12H2,(H,21,22)(H,23,24). The Kier molecular flexibility index (Phi) is 6.73. The minimum absolute atomic E-state index is 0.133. The van der Waals surface area contributed by atoms with Crippen LogP contribution < -0.4 is 10.1 Å². The summed E-state index contributed by atoms with van der Waals surface area (Å²) in [5.74, 6) is -1.26. The second kappa shape index (κ2) is 8.78. The maximum absolute atomic E-state index is 12.4. The van der Waals surface area contributed by atoms with Crippen molar-refractivity contribution in [3.05, 3.63) is 24.3 Å². The normalized spacial score (nSPS) is 16.9. The zero-order valence-corrected chi connectivity index (χ0v) is 14.0. The maximum Gasteiger partial charge on any atom is 0.310 e. The van der Waals surface area contributed by atoms with E-state index >= 15 is 0 Å². The third-order valence-electron chi connectivity index (χ3n) is 4.54. The molecule has 0 radical (unpaired) electrons. The number of rotatable bonds is 7. The van der Waals surface area contributed by atoms with Gasteiger partial charge in [0.2, 0.25) is 5.91 Å². The fraction of sp³-hybridized carbons (Fsp3) is 0.556. The van der Waals surface area contributed by atoms with Crippen LogP contribution in [0.3, 0.4) is 0 Å². The summed E-state index contributed by atoms with van der Waals surface area (Å²) in [7, 11) is 0. The number of hydrogen-bond donors (Lipinski definition) is 2. The van der Waals surface area contributed by atoms with Crippen molar-refractivity contribution in [3.8, 4) is 5.75 Å². The minimum atomic E-state index is -2.62. The zero-order chi connectivity index (χ0) is 18.3. The van der Waals surface area contributed by atoms with Crippen molar-refractivity contribution >= 4 is 17.6 Å². The number of anilines is 1. The van der Waals surface area contributed by atoms with Gasteiger partial charge >= 0.3 is 5.97 Å². The highest BCUT2D eigenvalue weighted by Gasteiger charge is 2.40. The molecule has 1 amide bonds. The largest absolute Gasteiger partial charge is 0.485 e. The van der Waals surface area contributed by atoms with E-state index in [4.69, 9.17) is 4.74 Å². The monoisotopic (exact) mass is 355 g/mol. The second-order valence-corrected chi connectivity index (χ2v) is 6.42. The summed E-state index contributed by atoms with van der Waals surface area (Å²) in [6.07, 6.45) is 1.71. The molecule has 7 heteroatoms. The van der Waals surface area contributed by atoms with Crippen molar-refractivity contribution in [2.24, 2.45) is 5.41 Å². The molecule has 0 heterocycles. The van der Waals surface area contributed by atoms with E-state index in [1.807, 2.05) is 0 Å². The molecule has 1 aliphatic rings. The molecule has 1 fully saturated rings. The summed E-state index contributed by atoms with van der Waals surface area (Å²) < 4.78 is 29.6. The van der Waals surface area contributed by atoms with E-state index in [0.717, 1.165) is 25.7 Å². The molecular weight excluding hydrogens is 332 g/mol. The van der Waals surface area contributed by atoms with Gasteiger partial charge in [0, 0.05) is 6.42 Å². The van der Waals surface area contributed by atoms with Crippen molar-refractivity contribution < 1.29 is 28.2 Å². The second-order valence-electron chi connectivity index (χ2n) is 6.42. The van der Waals surface area contributed by atoms with Crippen LogP contribution in [0.2, 0.25) is 0 Å². The molecule has 1 aromatic rings. The molecule has 0 bridgehead atoms. The highest BCUT2D eigenvalue weighted by atomic mass is 19.3. The zero-order valence-electron chi connectivity index (χ0n) is 14.0. The van der Waals surface area contributed by atoms with E-state index in [1.54, 1.807) is 18.2 Å². The van der Waals surface area contributed by atoms with E-state index in [0.29, 0.717) is 12.8 Å². The summed E-state index contributed by atoms with van der Waals surface area (Å²) >= 11 is 0. The minimum Gasteiger partial charge on any atom is -0.485 e. The first-order chi connectivity index (χ1) is 11.9. The lowest BCUT2D eigenvalue weighted by molar-refractivity contribution is -0.152. The third kappa shape index (κ3) is 5.41. The Bertz CT molecular complexity index is 598. The van der Waals surface area contributed by atoms with Crippen LogP contribution in [0.1, 0.15) is 44.9 Å². The lowest BCUT2D eigenvalue weighted by Gasteiger charge is -2.27. The highest BCUT2D eigenvalue weighted by molar-refractivity contribution is 5.95. The first-order valence-electron chi connectivity index (χ1n) is 8.46. The van der Waals surface area contributed by atoms with E-state index < -0.39 is 30.3 Å². The molecule has 2 rings (SSSR count). The number of para-hydroxylation sites is 2. The number of amides is 1. The van der Waals surface area contributed by atoms with Gasteiger partial charge in [0.1, 0.15) is 12.4 Å². The predicted molar refractivity (Wildman–Crippen MR) is 89.0 cm³/mol. The number of halogens is 2. The number of ether oxygens (including phenoxy) is 1. The van der Waals surface area contributed by atoms with Gasteiger partial charge in [-0.1, -0.05) is 37.8 Å². The van der Waals surface area contributed by atoms with Gasteiger partial charge in [-0.25, -0.2) is 8.78 Å². The number of aliphatic carboxylic acids is 1. The number of carboxylic acid groups (broad SMARTS) is 1. The van der Waals surface area contributed by atoms with Gasteiger partial charge in [-0.05, 0) is 25.0 Å². The van der Waals surface area contributed by atoms with E-state index in [9.17, 15) is 23.5 Å². The van der Waals surface area contributed by atoms with Gasteiger partial charge in [-0.15, -0.1) is 0 Å². The van der Waals surface area contributed by atoms with Crippen LogP contribution in [0, 0.1) is 5.41 Å². The van der Waals surface area contributed by atoms with Crippen molar-refractivity contribution in [2.75, 3.05) is 11.9 Å². The Balaban J connectivity index is 2.07. The van der Waals surface area contributed by atoms with Gasteiger partial charge in [0.05, 0.1) is 11.1 Å². The quantitative estimate of drug-likeness (QED) is 0.723.